The highest BCUT2D eigenvalue weighted by Crippen LogP contribution is 2.51. The van der Waals surface area contributed by atoms with Crippen molar-refractivity contribution in [1.29, 1.82) is 0 Å². The molecule has 1 aliphatic carbocycles. The van der Waals surface area contributed by atoms with Gasteiger partial charge >= 0.3 is 12.1 Å². The first-order chi connectivity index (χ1) is 18.1. The van der Waals surface area contributed by atoms with Gasteiger partial charge < -0.3 is 20.1 Å². The Labute approximate surface area is 230 Å². The molecule has 0 saturated heterocycles. The molecule has 2 aliphatic rings. The van der Waals surface area contributed by atoms with Crippen molar-refractivity contribution in [2.24, 2.45) is 29.1 Å². The molecule has 3 N–H and O–H groups in total. The third-order valence-electron chi connectivity index (χ3n) is 8.23. The molecule has 2 heterocycles. The smallest absolute Gasteiger partial charge is 0.412 e. The zero-order valence-corrected chi connectivity index (χ0v) is 23.7. The van der Waals surface area contributed by atoms with Gasteiger partial charge in [-0.05, 0) is 49.2 Å². The highest BCUT2D eigenvalue weighted by Gasteiger charge is 2.49. The number of allylic oxidation sites excluding steroid dienone is 1. The number of cyclic esters (lactones) is 1. The van der Waals surface area contributed by atoms with E-state index < -0.39 is 65.5 Å². The lowest BCUT2D eigenvalue weighted by Gasteiger charge is -2.34. The summed E-state index contributed by atoms with van der Waals surface area (Å²) in [5, 5.41) is 33.2. The normalized spacial score (nSPS) is 34.6. The second-order valence-electron chi connectivity index (χ2n) is 11.5. The maximum Gasteiger partial charge on any atom is 0.412 e. The van der Waals surface area contributed by atoms with E-state index in [9.17, 15) is 38.1 Å². The molecule has 3 rings (SSSR count). The third kappa shape index (κ3) is 7.56. The Kier molecular flexibility index (Phi) is 9.84. The minimum Gasteiger partial charge on any atom is -0.457 e. The molecule has 0 aromatic carbocycles. The van der Waals surface area contributed by atoms with Gasteiger partial charge in [0.15, 0.2) is 0 Å². The van der Waals surface area contributed by atoms with Crippen LogP contribution in [0.3, 0.4) is 0 Å². The molecule has 0 amide bonds. The molecule has 7 atom stereocenters. The summed E-state index contributed by atoms with van der Waals surface area (Å²) in [6.45, 7) is 7.66. The average molecular weight is 574 g/mol. The molecule has 218 valence electrons. The van der Waals surface area contributed by atoms with Crippen LogP contribution in [0.15, 0.2) is 22.6 Å². The van der Waals surface area contributed by atoms with E-state index in [4.69, 9.17) is 4.74 Å². The number of esters is 1. The van der Waals surface area contributed by atoms with Crippen molar-refractivity contribution in [3.8, 4) is 0 Å². The molecule has 0 radical (unpaired) electrons. The molecule has 11 heteroatoms. The molecule has 2 unspecified atom stereocenters. The van der Waals surface area contributed by atoms with Crippen LogP contribution in [0.1, 0.15) is 71.0 Å². The number of halogens is 3. The number of carbonyl (C=O) groups is 2. The summed E-state index contributed by atoms with van der Waals surface area (Å²) in [5.74, 6) is -3.05. The maximum absolute atomic E-state index is 14.0. The Bertz CT molecular complexity index is 1110. The standard InChI is InChI=1S/C28H38F3NO6S/c1-14(8-19-13-39-23(12-33)32-19)21-7-6-18(28(29,30)31)9-17-10-20(17)15(2)25(36)16(3)26(37)27(4,5)22(34)11-24(35)38-21/h6,8,13,15-17,20-22,25,33-34,36H,7,9-12H2,1-5H3/b14-8+,18-6+/t15-,16+,17?,20?,21-,22-,25-/m0/s1. The number of alkyl halides is 3. The van der Waals surface area contributed by atoms with E-state index in [-0.39, 0.29) is 31.3 Å². The van der Waals surface area contributed by atoms with Crippen molar-refractivity contribution in [1.82, 2.24) is 4.98 Å². The summed E-state index contributed by atoms with van der Waals surface area (Å²) < 4.78 is 47.5. The van der Waals surface area contributed by atoms with Gasteiger partial charge in [-0.3, -0.25) is 9.59 Å². The summed E-state index contributed by atoms with van der Waals surface area (Å²) in [6.07, 6.45) is -6.04. The molecule has 1 aromatic heterocycles. The van der Waals surface area contributed by atoms with Crippen molar-refractivity contribution in [3.05, 3.63) is 33.3 Å². The number of hydrogen-bond donors (Lipinski definition) is 3. The van der Waals surface area contributed by atoms with E-state index in [1.807, 2.05) is 0 Å². The SMILES string of the molecule is C/C(=C\c1csc(CO)n1)[C@@H]1C/C=C(/C(F)(F)F)CC2CC2[C@H](C)[C@H](O)[C@@H](C)C(=O)C(C)(C)[C@@H](O)CC(=O)O1. The molecule has 1 fully saturated rings. The van der Waals surface area contributed by atoms with Crippen LogP contribution in [0.2, 0.25) is 0 Å². The lowest BCUT2D eigenvalue weighted by molar-refractivity contribution is -0.154. The van der Waals surface area contributed by atoms with Crippen molar-refractivity contribution in [2.75, 3.05) is 0 Å². The fraction of sp³-hybridized carbons (Fsp3) is 0.679. The fourth-order valence-corrected chi connectivity index (χ4v) is 5.96. The molecular weight excluding hydrogens is 535 g/mol. The summed E-state index contributed by atoms with van der Waals surface area (Å²) >= 11 is 1.22. The molecule has 0 spiro atoms. The minimum absolute atomic E-state index is 0.164. The highest BCUT2D eigenvalue weighted by atomic mass is 32.1. The second kappa shape index (κ2) is 12.2. The van der Waals surface area contributed by atoms with Crippen molar-refractivity contribution in [2.45, 2.75) is 91.4 Å². The average Bonchev–Trinajstić information content (AvgIpc) is 3.49. The predicted molar refractivity (Wildman–Crippen MR) is 140 cm³/mol. The number of aromatic nitrogens is 1. The first kappa shape index (κ1) is 31.4. The number of ketones is 1. The zero-order valence-electron chi connectivity index (χ0n) is 22.9. The molecule has 7 nitrogen and oxygen atoms in total. The third-order valence-corrected chi connectivity index (χ3v) is 9.08. The Balaban J connectivity index is 1.98. The number of rotatable bonds is 3. The number of nitrogens with zero attached hydrogens (tertiary/aromatic N) is 1. The van der Waals surface area contributed by atoms with E-state index >= 15 is 0 Å². The van der Waals surface area contributed by atoms with Crippen molar-refractivity contribution in [3.63, 3.8) is 0 Å². The quantitative estimate of drug-likeness (QED) is 0.350. The number of aliphatic hydroxyl groups is 3. The van der Waals surface area contributed by atoms with Crippen LogP contribution in [-0.4, -0.2) is 56.5 Å². The number of Topliss-reactive ketones (excluding diaryl/α,β-unsaturated/α-hetero) is 1. The van der Waals surface area contributed by atoms with Crippen LogP contribution >= 0.6 is 11.3 Å². The van der Waals surface area contributed by atoms with Gasteiger partial charge in [0, 0.05) is 23.3 Å². The van der Waals surface area contributed by atoms with Gasteiger partial charge in [0.05, 0.1) is 36.3 Å². The number of fused-ring (bicyclic) bond motifs is 1. The number of ether oxygens (including phenoxy) is 1. The van der Waals surface area contributed by atoms with Gasteiger partial charge in [0.25, 0.3) is 0 Å². The number of thiazole rings is 1. The van der Waals surface area contributed by atoms with E-state index in [1.165, 1.54) is 25.2 Å². The van der Waals surface area contributed by atoms with E-state index in [0.717, 1.165) is 6.08 Å². The predicted octanol–water partition coefficient (Wildman–Crippen LogP) is 4.85. The highest BCUT2D eigenvalue weighted by molar-refractivity contribution is 7.09. The summed E-state index contributed by atoms with van der Waals surface area (Å²) in [5.41, 5.74) is -1.18. The Morgan fingerprint density at radius 2 is 1.90 bits per heavy atom. The zero-order chi connectivity index (χ0) is 29.3. The van der Waals surface area contributed by atoms with Crippen LogP contribution in [0.5, 0.6) is 0 Å². The Morgan fingerprint density at radius 1 is 1.23 bits per heavy atom. The monoisotopic (exact) mass is 573 g/mol. The molecular formula is C28H38F3NO6S. The maximum atomic E-state index is 14.0. The van der Waals surface area contributed by atoms with E-state index in [1.54, 1.807) is 32.2 Å². The lowest BCUT2D eigenvalue weighted by Crippen LogP contribution is -2.46. The number of carbonyl (C=O) groups excluding carboxylic acids is 2. The van der Waals surface area contributed by atoms with E-state index in [0.29, 0.717) is 22.7 Å². The van der Waals surface area contributed by atoms with Crippen molar-refractivity contribution < 1.29 is 42.8 Å². The summed E-state index contributed by atoms with van der Waals surface area (Å²) in [4.78, 5) is 30.4. The van der Waals surface area contributed by atoms with Crippen LogP contribution in [0, 0.1) is 29.1 Å². The van der Waals surface area contributed by atoms with Gasteiger partial charge in [0.1, 0.15) is 16.9 Å². The second-order valence-corrected chi connectivity index (χ2v) is 12.4. The molecule has 1 aromatic rings. The van der Waals surface area contributed by atoms with Crippen LogP contribution in [0.4, 0.5) is 13.2 Å². The molecule has 1 aliphatic heterocycles. The van der Waals surface area contributed by atoms with Crippen LogP contribution in [-0.2, 0) is 20.9 Å². The fourth-order valence-electron chi connectivity index (χ4n) is 5.35. The summed E-state index contributed by atoms with van der Waals surface area (Å²) in [7, 11) is 0. The van der Waals surface area contributed by atoms with Gasteiger partial charge in [0.2, 0.25) is 0 Å². The Morgan fingerprint density at radius 3 is 2.49 bits per heavy atom. The molecule has 0 bridgehead atoms. The van der Waals surface area contributed by atoms with Crippen LogP contribution in [0.25, 0.3) is 6.08 Å². The number of aliphatic hydroxyl groups excluding tert-OH is 3. The van der Waals surface area contributed by atoms with Gasteiger partial charge in [-0.2, -0.15) is 13.2 Å². The first-order valence-corrected chi connectivity index (χ1v) is 14.0. The topological polar surface area (TPSA) is 117 Å². The van der Waals surface area contributed by atoms with E-state index in [2.05, 4.69) is 4.98 Å². The lowest BCUT2D eigenvalue weighted by atomic mass is 9.72. The van der Waals surface area contributed by atoms with Crippen molar-refractivity contribution >= 4 is 29.2 Å². The minimum atomic E-state index is -4.58. The summed E-state index contributed by atoms with van der Waals surface area (Å²) in [6, 6.07) is 0. The van der Waals surface area contributed by atoms with Crippen LogP contribution < -0.4 is 0 Å². The molecule has 1 saturated carbocycles. The van der Waals surface area contributed by atoms with Gasteiger partial charge in [-0.1, -0.05) is 33.8 Å². The van der Waals surface area contributed by atoms with Gasteiger partial charge in [-0.25, -0.2) is 4.98 Å². The molecule has 39 heavy (non-hydrogen) atoms. The Hall–Kier alpha value is -2.08. The van der Waals surface area contributed by atoms with Gasteiger partial charge in [-0.15, -0.1) is 11.3 Å². The first-order valence-electron chi connectivity index (χ1n) is 13.2. The number of hydrogen-bond acceptors (Lipinski definition) is 8. The largest absolute Gasteiger partial charge is 0.457 e.